The molecule has 0 saturated carbocycles. The van der Waals surface area contributed by atoms with E-state index in [9.17, 15) is 22.8 Å². The van der Waals surface area contributed by atoms with Crippen molar-refractivity contribution in [1.29, 1.82) is 0 Å². The van der Waals surface area contributed by atoms with Crippen molar-refractivity contribution in [2.24, 2.45) is 0 Å². The zero-order valence-corrected chi connectivity index (χ0v) is 8.21. The molecule has 2 aromatic rings. The van der Waals surface area contributed by atoms with E-state index >= 15 is 0 Å². The Hall–Kier alpha value is -2.18. The molecule has 0 unspecified atom stereocenters. The van der Waals surface area contributed by atoms with Gasteiger partial charge < -0.3 is 4.98 Å². The molecular formula is C10H5F3N2O2. The second-order valence-electron chi connectivity index (χ2n) is 3.30. The molecule has 88 valence electrons. The third kappa shape index (κ3) is 2.03. The van der Waals surface area contributed by atoms with Gasteiger partial charge in [-0.15, -0.1) is 0 Å². The molecule has 0 fully saturated rings. The van der Waals surface area contributed by atoms with E-state index in [1.807, 2.05) is 0 Å². The molecule has 0 atom stereocenters. The van der Waals surface area contributed by atoms with E-state index in [-0.39, 0.29) is 16.7 Å². The van der Waals surface area contributed by atoms with Gasteiger partial charge >= 0.3 is 6.18 Å². The molecule has 0 aliphatic carbocycles. The number of nitrogens with zero attached hydrogens (tertiary/aromatic N) is 1. The lowest BCUT2D eigenvalue weighted by atomic mass is 10.1. The van der Waals surface area contributed by atoms with Crippen LogP contribution < -0.4 is 5.56 Å². The first-order valence-corrected chi connectivity index (χ1v) is 4.48. The van der Waals surface area contributed by atoms with Crippen molar-refractivity contribution in [3.8, 4) is 0 Å². The lowest BCUT2D eigenvalue weighted by molar-refractivity contribution is -0.137. The molecule has 0 aliphatic heterocycles. The fourth-order valence-electron chi connectivity index (χ4n) is 1.39. The molecule has 1 heterocycles. The Kier molecular flexibility index (Phi) is 2.45. The summed E-state index contributed by atoms with van der Waals surface area (Å²) in [4.78, 5) is 27.6. The maximum absolute atomic E-state index is 12.4. The first-order chi connectivity index (χ1) is 7.91. The maximum Gasteiger partial charge on any atom is 0.416 e. The Morgan fingerprint density at radius 3 is 2.59 bits per heavy atom. The average molecular weight is 242 g/mol. The summed E-state index contributed by atoms with van der Waals surface area (Å²) in [6.45, 7) is 0. The number of alkyl halides is 3. The number of hydrogen-bond donors (Lipinski definition) is 1. The van der Waals surface area contributed by atoms with Crippen LogP contribution in [0.1, 0.15) is 16.2 Å². The predicted octanol–water partition coefficient (Wildman–Crippen LogP) is 1.75. The van der Waals surface area contributed by atoms with Crippen LogP contribution in [0.5, 0.6) is 0 Å². The summed E-state index contributed by atoms with van der Waals surface area (Å²) in [7, 11) is 0. The summed E-state index contributed by atoms with van der Waals surface area (Å²) >= 11 is 0. The van der Waals surface area contributed by atoms with E-state index in [1.54, 1.807) is 0 Å². The molecule has 1 N–H and O–H groups in total. The van der Waals surface area contributed by atoms with Crippen LogP contribution in [0, 0.1) is 0 Å². The van der Waals surface area contributed by atoms with Gasteiger partial charge in [0, 0.05) is 0 Å². The second-order valence-corrected chi connectivity index (χ2v) is 3.30. The molecule has 17 heavy (non-hydrogen) atoms. The van der Waals surface area contributed by atoms with Crippen molar-refractivity contribution >= 4 is 17.2 Å². The normalized spacial score (nSPS) is 11.7. The minimum atomic E-state index is -4.52. The Balaban J connectivity index is 2.75. The number of carbonyl (C=O) groups excluding carboxylic acids is 1. The standard InChI is InChI=1S/C10H5F3N2O2/c11-10(12,13)5-1-2-7-6(3-5)9(17)15-8(4-16)14-7/h1-4H,(H,14,15,17). The molecule has 0 radical (unpaired) electrons. The third-order valence-electron chi connectivity index (χ3n) is 2.16. The van der Waals surface area contributed by atoms with Gasteiger partial charge in [-0.25, -0.2) is 4.98 Å². The zero-order chi connectivity index (χ0) is 12.6. The number of fused-ring (bicyclic) bond motifs is 1. The van der Waals surface area contributed by atoms with Gasteiger partial charge in [0.2, 0.25) is 0 Å². The lowest BCUT2D eigenvalue weighted by Crippen LogP contribution is -2.13. The van der Waals surface area contributed by atoms with Crippen LogP contribution in [0.2, 0.25) is 0 Å². The number of nitrogens with one attached hydrogen (secondary N) is 1. The quantitative estimate of drug-likeness (QED) is 0.775. The number of aromatic amines is 1. The highest BCUT2D eigenvalue weighted by molar-refractivity contribution is 5.81. The molecule has 0 amide bonds. The number of aldehydes is 1. The van der Waals surface area contributed by atoms with Gasteiger partial charge in [0.25, 0.3) is 5.56 Å². The zero-order valence-electron chi connectivity index (χ0n) is 8.21. The smallest absolute Gasteiger partial charge is 0.304 e. The van der Waals surface area contributed by atoms with E-state index < -0.39 is 17.3 Å². The fraction of sp³-hybridized carbons (Fsp3) is 0.100. The van der Waals surface area contributed by atoms with Gasteiger partial charge in [-0.05, 0) is 18.2 Å². The first kappa shape index (κ1) is 11.3. The molecule has 0 saturated heterocycles. The van der Waals surface area contributed by atoms with Crippen LogP contribution in [-0.4, -0.2) is 16.3 Å². The molecule has 1 aromatic carbocycles. The summed E-state index contributed by atoms with van der Waals surface area (Å²) in [5, 5.41) is -0.203. The largest absolute Gasteiger partial charge is 0.416 e. The van der Waals surface area contributed by atoms with E-state index in [4.69, 9.17) is 0 Å². The predicted molar refractivity (Wildman–Crippen MR) is 52.8 cm³/mol. The van der Waals surface area contributed by atoms with Crippen molar-refractivity contribution in [3.05, 3.63) is 39.9 Å². The topological polar surface area (TPSA) is 62.8 Å². The summed E-state index contributed by atoms with van der Waals surface area (Å²) < 4.78 is 37.2. The van der Waals surface area contributed by atoms with Gasteiger partial charge in [-0.1, -0.05) is 0 Å². The number of benzene rings is 1. The molecule has 0 spiro atoms. The minimum absolute atomic E-state index is 0.0452. The van der Waals surface area contributed by atoms with Crippen LogP contribution in [0.3, 0.4) is 0 Å². The molecule has 2 rings (SSSR count). The average Bonchev–Trinajstić information content (AvgIpc) is 2.27. The summed E-state index contributed by atoms with van der Waals surface area (Å²) in [5.41, 5.74) is -1.66. The molecule has 4 nitrogen and oxygen atoms in total. The Bertz CT molecular complexity index is 646. The number of carbonyl (C=O) groups is 1. The summed E-state index contributed by atoms with van der Waals surface area (Å²) in [5.74, 6) is -0.220. The number of halogens is 3. The highest BCUT2D eigenvalue weighted by atomic mass is 19.4. The summed E-state index contributed by atoms with van der Waals surface area (Å²) in [6.07, 6.45) is -4.21. The van der Waals surface area contributed by atoms with E-state index in [1.165, 1.54) is 0 Å². The van der Waals surface area contributed by atoms with Gasteiger partial charge in [-0.3, -0.25) is 9.59 Å². The van der Waals surface area contributed by atoms with Gasteiger partial charge in [-0.2, -0.15) is 13.2 Å². The maximum atomic E-state index is 12.4. The van der Waals surface area contributed by atoms with Gasteiger partial charge in [0.05, 0.1) is 16.5 Å². The minimum Gasteiger partial charge on any atom is -0.304 e. The van der Waals surface area contributed by atoms with Gasteiger partial charge in [0.15, 0.2) is 12.1 Å². The van der Waals surface area contributed by atoms with Crippen LogP contribution >= 0.6 is 0 Å². The Labute approximate surface area is 92.1 Å². The molecule has 0 bridgehead atoms. The van der Waals surface area contributed by atoms with E-state index in [0.717, 1.165) is 12.1 Å². The molecule has 0 aliphatic rings. The summed E-state index contributed by atoms with van der Waals surface area (Å²) in [6, 6.07) is 2.57. The first-order valence-electron chi connectivity index (χ1n) is 4.48. The van der Waals surface area contributed by atoms with E-state index in [0.29, 0.717) is 12.4 Å². The van der Waals surface area contributed by atoms with Crippen molar-refractivity contribution < 1.29 is 18.0 Å². The van der Waals surface area contributed by atoms with Crippen molar-refractivity contribution in [1.82, 2.24) is 9.97 Å². The van der Waals surface area contributed by atoms with E-state index in [2.05, 4.69) is 9.97 Å². The second kappa shape index (κ2) is 3.69. The Morgan fingerprint density at radius 1 is 1.29 bits per heavy atom. The van der Waals surface area contributed by atoms with Crippen molar-refractivity contribution in [2.75, 3.05) is 0 Å². The number of H-pyrrole nitrogens is 1. The van der Waals surface area contributed by atoms with Gasteiger partial charge in [0.1, 0.15) is 0 Å². The van der Waals surface area contributed by atoms with Crippen LogP contribution in [0.25, 0.3) is 10.9 Å². The molecule has 1 aromatic heterocycles. The SMILES string of the molecule is O=Cc1nc2ccc(C(F)(F)F)cc2c(=O)[nH]1. The number of rotatable bonds is 1. The highest BCUT2D eigenvalue weighted by Crippen LogP contribution is 2.30. The number of hydrogen-bond acceptors (Lipinski definition) is 3. The third-order valence-corrected chi connectivity index (χ3v) is 2.16. The van der Waals surface area contributed by atoms with Crippen molar-refractivity contribution in [3.63, 3.8) is 0 Å². The van der Waals surface area contributed by atoms with Crippen LogP contribution in [0.15, 0.2) is 23.0 Å². The fourth-order valence-corrected chi connectivity index (χ4v) is 1.39. The highest BCUT2D eigenvalue weighted by Gasteiger charge is 2.30. The lowest BCUT2D eigenvalue weighted by Gasteiger charge is -2.06. The number of aromatic nitrogens is 2. The molecule has 7 heteroatoms. The Morgan fingerprint density at radius 2 is 2.00 bits per heavy atom. The van der Waals surface area contributed by atoms with Crippen molar-refractivity contribution in [2.45, 2.75) is 6.18 Å². The molecular weight excluding hydrogens is 237 g/mol. The monoisotopic (exact) mass is 242 g/mol. The van der Waals surface area contributed by atoms with Crippen LogP contribution in [0.4, 0.5) is 13.2 Å². The van der Waals surface area contributed by atoms with Crippen LogP contribution in [-0.2, 0) is 6.18 Å².